The van der Waals surface area contributed by atoms with Gasteiger partial charge in [-0.25, -0.2) is 9.97 Å². The van der Waals surface area contributed by atoms with Gasteiger partial charge in [-0.1, -0.05) is 23.7 Å². The summed E-state index contributed by atoms with van der Waals surface area (Å²) in [5, 5.41) is 3.80. The minimum atomic E-state index is -0.262. The lowest BCUT2D eigenvalue weighted by Gasteiger charge is -2.16. The Morgan fingerprint density at radius 3 is 2.65 bits per heavy atom. The van der Waals surface area contributed by atoms with E-state index in [1.165, 1.54) is 17.8 Å². The number of hydrogen-bond acceptors (Lipinski definition) is 5. The fourth-order valence-electron chi connectivity index (χ4n) is 3.32. The van der Waals surface area contributed by atoms with Gasteiger partial charge < -0.3 is 5.32 Å². The summed E-state index contributed by atoms with van der Waals surface area (Å²) in [5.41, 5.74) is 3.10. The molecule has 7 nitrogen and oxygen atoms in total. The van der Waals surface area contributed by atoms with Crippen molar-refractivity contribution in [3.8, 4) is 22.5 Å². The lowest BCUT2D eigenvalue weighted by molar-refractivity contribution is -0.119. The van der Waals surface area contributed by atoms with Crippen LogP contribution in [0.5, 0.6) is 0 Å². The molecule has 31 heavy (non-hydrogen) atoms. The molecule has 0 spiro atoms. The van der Waals surface area contributed by atoms with E-state index in [-0.39, 0.29) is 17.5 Å². The van der Waals surface area contributed by atoms with Gasteiger partial charge in [0.15, 0.2) is 0 Å². The number of aromatic nitrogens is 4. The average molecular weight is 434 g/mol. The van der Waals surface area contributed by atoms with Crippen LogP contribution in [0.15, 0.2) is 66.0 Å². The Bertz CT molecular complexity index is 1300. The molecule has 0 aliphatic heterocycles. The Kier molecular flexibility index (Phi) is 5.77. The number of nitrogens with one attached hydrogen (secondary N) is 1. The molecule has 1 unspecified atom stereocenters. The third kappa shape index (κ3) is 4.32. The zero-order valence-corrected chi connectivity index (χ0v) is 17.8. The number of rotatable bonds is 5. The normalized spacial score (nSPS) is 12.0. The Hall–Kier alpha value is -3.58. The molecule has 3 aromatic heterocycles. The van der Waals surface area contributed by atoms with E-state index in [0.29, 0.717) is 33.9 Å². The molecule has 1 N–H and O–H groups in total. The first-order chi connectivity index (χ1) is 14.9. The Morgan fingerprint density at radius 1 is 1.19 bits per heavy atom. The van der Waals surface area contributed by atoms with Crippen LogP contribution in [0.3, 0.4) is 0 Å². The van der Waals surface area contributed by atoms with Gasteiger partial charge in [0, 0.05) is 42.0 Å². The fourth-order valence-corrected chi connectivity index (χ4v) is 3.45. The first-order valence-electron chi connectivity index (χ1n) is 9.76. The number of pyridine rings is 2. The Labute approximate surface area is 183 Å². The average Bonchev–Trinajstić information content (AvgIpc) is 2.78. The number of fused-ring (bicyclic) bond motifs is 1. The molecule has 0 radical (unpaired) electrons. The van der Waals surface area contributed by atoms with Crippen LogP contribution in [-0.4, -0.2) is 32.0 Å². The zero-order valence-electron chi connectivity index (χ0n) is 17.0. The number of amides is 1. The van der Waals surface area contributed by atoms with Crippen LogP contribution in [0.1, 0.15) is 19.9 Å². The highest BCUT2D eigenvalue weighted by atomic mass is 35.5. The standard InChI is InChI=1S/C23H20ClN5O2/c1-14(11-26-15(2)30)29-13-27-22-19(23(29)31)10-20(16-5-7-18(24)8-6-16)28-21(22)17-4-3-9-25-12-17/h3-10,12-14H,11H2,1-2H3,(H,26,30). The molecule has 3 heterocycles. The van der Waals surface area contributed by atoms with E-state index in [2.05, 4.69) is 15.3 Å². The third-order valence-electron chi connectivity index (χ3n) is 4.97. The number of halogens is 1. The molecule has 4 rings (SSSR count). The molecule has 0 saturated carbocycles. The van der Waals surface area contributed by atoms with Crippen molar-refractivity contribution >= 4 is 28.4 Å². The predicted molar refractivity (Wildman–Crippen MR) is 121 cm³/mol. The van der Waals surface area contributed by atoms with Gasteiger partial charge >= 0.3 is 0 Å². The van der Waals surface area contributed by atoms with Crippen LogP contribution in [0.2, 0.25) is 5.02 Å². The Balaban J connectivity index is 1.93. The van der Waals surface area contributed by atoms with E-state index in [1.807, 2.05) is 31.2 Å². The summed E-state index contributed by atoms with van der Waals surface area (Å²) in [6.07, 6.45) is 4.87. The van der Waals surface area contributed by atoms with Crippen molar-refractivity contribution in [2.24, 2.45) is 0 Å². The molecule has 0 fully saturated rings. The molecule has 1 amide bonds. The van der Waals surface area contributed by atoms with E-state index in [0.717, 1.165) is 11.1 Å². The first kappa shape index (κ1) is 20.7. The second-order valence-corrected chi connectivity index (χ2v) is 7.68. The summed E-state index contributed by atoms with van der Waals surface area (Å²) in [6.45, 7) is 3.62. The van der Waals surface area contributed by atoms with Gasteiger partial charge in [-0.2, -0.15) is 0 Å². The first-order valence-corrected chi connectivity index (χ1v) is 10.1. The van der Waals surface area contributed by atoms with Crippen molar-refractivity contribution in [1.82, 2.24) is 24.8 Å². The predicted octanol–water partition coefficient (Wildman–Crippen LogP) is 3.87. The fraction of sp³-hybridized carbons (Fsp3) is 0.174. The van der Waals surface area contributed by atoms with Crippen molar-refractivity contribution in [1.29, 1.82) is 0 Å². The smallest absolute Gasteiger partial charge is 0.261 e. The monoisotopic (exact) mass is 433 g/mol. The van der Waals surface area contributed by atoms with Crippen LogP contribution in [0.25, 0.3) is 33.4 Å². The second kappa shape index (κ2) is 8.65. The minimum absolute atomic E-state index is 0.151. The maximum atomic E-state index is 13.4. The molecule has 0 bridgehead atoms. The maximum absolute atomic E-state index is 13.4. The molecular weight excluding hydrogens is 414 g/mol. The van der Waals surface area contributed by atoms with Crippen LogP contribution >= 0.6 is 11.6 Å². The molecule has 8 heteroatoms. The molecule has 156 valence electrons. The van der Waals surface area contributed by atoms with E-state index >= 15 is 0 Å². The van der Waals surface area contributed by atoms with Crippen molar-refractivity contribution in [2.75, 3.05) is 6.54 Å². The molecule has 1 aromatic carbocycles. The molecule has 4 aromatic rings. The SMILES string of the molecule is CC(=O)NCC(C)n1cnc2c(-c3cccnc3)nc(-c3ccc(Cl)cc3)cc2c1=O. The lowest BCUT2D eigenvalue weighted by atomic mass is 10.1. The van der Waals surface area contributed by atoms with Crippen molar-refractivity contribution in [2.45, 2.75) is 19.9 Å². The second-order valence-electron chi connectivity index (χ2n) is 7.24. The highest BCUT2D eigenvalue weighted by Gasteiger charge is 2.17. The quantitative estimate of drug-likeness (QED) is 0.516. The van der Waals surface area contributed by atoms with Gasteiger partial charge in [0.2, 0.25) is 5.91 Å². The van der Waals surface area contributed by atoms with E-state index in [9.17, 15) is 9.59 Å². The van der Waals surface area contributed by atoms with Crippen LogP contribution in [0.4, 0.5) is 0 Å². The number of carbonyl (C=O) groups excluding carboxylic acids is 1. The summed E-state index contributed by atoms with van der Waals surface area (Å²) in [4.78, 5) is 38.2. The van der Waals surface area contributed by atoms with Crippen LogP contribution in [0, 0.1) is 0 Å². The van der Waals surface area contributed by atoms with Crippen molar-refractivity contribution < 1.29 is 4.79 Å². The summed E-state index contributed by atoms with van der Waals surface area (Å²) in [7, 11) is 0. The van der Waals surface area contributed by atoms with Crippen molar-refractivity contribution in [3.05, 3.63) is 76.6 Å². The Morgan fingerprint density at radius 2 is 1.97 bits per heavy atom. The summed E-state index contributed by atoms with van der Waals surface area (Å²) in [5.74, 6) is -0.151. The number of benzene rings is 1. The van der Waals surface area contributed by atoms with E-state index < -0.39 is 0 Å². The van der Waals surface area contributed by atoms with Gasteiger partial charge in [0.25, 0.3) is 5.56 Å². The zero-order chi connectivity index (χ0) is 22.0. The largest absolute Gasteiger partial charge is 0.354 e. The maximum Gasteiger partial charge on any atom is 0.261 e. The summed E-state index contributed by atoms with van der Waals surface area (Å²) in [6, 6.07) is 12.5. The van der Waals surface area contributed by atoms with E-state index in [1.54, 1.807) is 30.6 Å². The molecule has 0 aliphatic carbocycles. The van der Waals surface area contributed by atoms with Gasteiger partial charge in [-0.3, -0.25) is 19.1 Å². The number of hydrogen-bond donors (Lipinski definition) is 1. The number of nitrogens with zero attached hydrogens (tertiary/aromatic N) is 4. The highest BCUT2D eigenvalue weighted by molar-refractivity contribution is 6.30. The van der Waals surface area contributed by atoms with Gasteiger partial charge in [-0.15, -0.1) is 0 Å². The third-order valence-corrected chi connectivity index (χ3v) is 5.22. The summed E-state index contributed by atoms with van der Waals surface area (Å²) >= 11 is 6.03. The molecule has 0 saturated heterocycles. The molecule has 0 aliphatic rings. The minimum Gasteiger partial charge on any atom is -0.354 e. The van der Waals surface area contributed by atoms with Gasteiger partial charge in [0.05, 0.1) is 29.1 Å². The molecular formula is C23H20ClN5O2. The van der Waals surface area contributed by atoms with Crippen LogP contribution < -0.4 is 10.9 Å². The lowest BCUT2D eigenvalue weighted by Crippen LogP contribution is -2.32. The van der Waals surface area contributed by atoms with Gasteiger partial charge in [-0.05, 0) is 37.3 Å². The van der Waals surface area contributed by atoms with Crippen molar-refractivity contribution in [3.63, 3.8) is 0 Å². The van der Waals surface area contributed by atoms with Gasteiger partial charge in [0.1, 0.15) is 5.52 Å². The topological polar surface area (TPSA) is 89.8 Å². The van der Waals surface area contributed by atoms with Crippen LogP contribution in [-0.2, 0) is 4.79 Å². The van der Waals surface area contributed by atoms with E-state index in [4.69, 9.17) is 16.6 Å². The molecule has 1 atom stereocenters. The highest BCUT2D eigenvalue weighted by Crippen LogP contribution is 2.29. The number of carbonyl (C=O) groups is 1. The summed E-state index contributed by atoms with van der Waals surface area (Å²) < 4.78 is 1.52.